The van der Waals surface area contributed by atoms with Gasteiger partial charge in [-0.15, -0.1) is 0 Å². The quantitative estimate of drug-likeness (QED) is 0.203. The summed E-state index contributed by atoms with van der Waals surface area (Å²) in [6.07, 6.45) is -9.83. The Morgan fingerprint density at radius 3 is 1.94 bits per heavy atom. The minimum absolute atomic E-state index is 0.00692. The van der Waals surface area contributed by atoms with Gasteiger partial charge in [0, 0.05) is 42.4 Å². The molecule has 1 spiro atoms. The SMILES string of the molecule is CC[C@H](O)[C@H](C)[C@H]1O[C@]2(O[C@H]([C@H](C)C(=O)O[C@H]3C[C@@H](O)[C@H](O[C@H]4C[C@](C)(O)[C@H](O)[C@@H](C)O4)[C@@H](C)O3)[C@H](C)[C@H](O)[C@H]2C)[C@@H](C)[C@@H](O)[C@H]1C. The second kappa shape index (κ2) is 14.7. The van der Waals surface area contributed by atoms with Crippen molar-refractivity contribution in [1.29, 1.82) is 0 Å². The number of aliphatic hydroxyl groups is 6. The summed E-state index contributed by atoms with van der Waals surface area (Å²) in [6, 6.07) is 0. The molecule has 20 atom stereocenters. The third kappa shape index (κ3) is 7.42. The van der Waals surface area contributed by atoms with Crippen molar-refractivity contribution in [3.05, 3.63) is 0 Å². The van der Waals surface area contributed by atoms with E-state index >= 15 is 0 Å². The molecule has 0 aromatic rings. The van der Waals surface area contributed by atoms with E-state index in [2.05, 4.69) is 0 Å². The summed E-state index contributed by atoms with van der Waals surface area (Å²) in [4.78, 5) is 13.6. The highest BCUT2D eigenvalue weighted by molar-refractivity contribution is 5.73. The average Bonchev–Trinajstić information content (AvgIpc) is 3.01. The highest BCUT2D eigenvalue weighted by Gasteiger charge is 2.62. The van der Waals surface area contributed by atoms with Crippen LogP contribution < -0.4 is 0 Å². The fourth-order valence-corrected chi connectivity index (χ4v) is 8.27. The number of hydrogen-bond donors (Lipinski definition) is 6. The molecule has 4 rings (SSSR count). The number of ether oxygens (including phenoxy) is 6. The molecule has 4 heterocycles. The Balaban J connectivity index is 1.44. The van der Waals surface area contributed by atoms with Crippen LogP contribution in [0.1, 0.15) is 88.5 Å². The molecule has 4 saturated heterocycles. The lowest BCUT2D eigenvalue weighted by atomic mass is 9.68. The minimum atomic E-state index is -1.44. The van der Waals surface area contributed by atoms with Gasteiger partial charge in [0.15, 0.2) is 12.1 Å². The number of aliphatic hydroxyl groups excluding tert-OH is 5. The predicted molar refractivity (Wildman–Crippen MR) is 167 cm³/mol. The Hall–Kier alpha value is -0.970. The third-order valence-corrected chi connectivity index (χ3v) is 11.7. The molecule has 13 heteroatoms. The largest absolute Gasteiger partial charge is 0.435 e. The van der Waals surface area contributed by atoms with Crippen LogP contribution in [-0.4, -0.2) is 122 Å². The maximum atomic E-state index is 13.6. The highest BCUT2D eigenvalue weighted by atomic mass is 16.7. The molecule has 0 aromatic carbocycles. The van der Waals surface area contributed by atoms with E-state index in [0.29, 0.717) is 6.42 Å². The molecule has 274 valence electrons. The molecule has 0 saturated carbocycles. The second-order valence-corrected chi connectivity index (χ2v) is 15.2. The van der Waals surface area contributed by atoms with Crippen LogP contribution in [0.5, 0.6) is 0 Å². The van der Waals surface area contributed by atoms with Gasteiger partial charge >= 0.3 is 5.97 Å². The van der Waals surface area contributed by atoms with E-state index < -0.39 is 115 Å². The smallest absolute Gasteiger partial charge is 0.313 e. The van der Waals surface area contributed by atoms with Crippen LogP contribution in [0.15, 0.2) is 0 Å². The maximum absolute atomic E-state index is 13.6. The predicted octanol–water partition coefficient (Wildman–Crippen LogP) is 1.46. The average molecular weight is 677 g/mol. The number of esters is 1. The van der Waals surface area contributed by atoms with Crippen molar-refractivity contribution in [2.75, 3.05) is 0 Å². The molecule has 0 unspecified atom stereocenters. The second-order valence-electron chi connectivity index (χ2n) is 15.2. The molecule has 0 aliphatic carbocycles. The Morgan fingerprint density at radius 1 is 0.872 bits per heavy atom. The molecule has 0 aromatic heterocycles. The van der Waals surface area contributed by atoms with E-state index in [1.165, 1.54) is 6.92 Å². The first-order valence-corrected chi connectivity index (χ1v) is 17.4. The summed E-state index contributed by atoms with van der Waals surface area (Å²) in [5.74, 6) is -5.20. The van der Waals surface area contributed by atoms with Crippen LogP contribution >= 0.6 is 0 Å². The molecule has 47 heavy (non-hydrogen) atoms. The number of carbonyl (C=O) groups excluding carboxylic acids is 1. The Morgan fingerprint density at radius 2 is 1.40 bits per heavy atom. The standard InChI is InChI=1S/C34H60O13/c1-11-22(35)14(2)28-15(3)26(37)18(6)34(46-28)19(7)27(38)16(4)29(47-34)17(5)32(40)45-24-12-23(36)30(20(8)42-24)44-25-13-33(10,41)31(39)21(9)43-25/h14-31,35-39,41H,11-13H2,1-10H3/t14-,15+,16+,17-,18-,19+,20+,21+,22-,23+,24-,25-,26-,27-,28+,29-,30+,31+,33-,34-/m0/s1. The molecule has 13 nitrogen and oxygen atoms in total. The van der Waals surface area contributed by atoms with Gasteiger partial charge in [0.2, 0.25) is 6.29 Å². The molecule has 0 radical (unpaired) electrons. The van der Waals surface area contributed by atoms with Crippen molar-refractivity contribution in [3.8, 4) is 0 Å². The summed E-state index contributed by atoms with van der Waals surface area (Å²) in [5.41, 5.74) is -1.44. The number of hydrogen-bond acceptors (Lipinski definition) is 13. The van der Waals surface area contributed by atoms with Crippen molar-refractivity contribution in [3.63, 3.8) is 0 Å². The Labute approximate surface area is 278 Å². The summed E-state index contributed by atoms with van der Waals surface area (Å²) in [5, 5.41) is 65.3. The lowest BCUT2D eigenvalue weighted by Crippen LogP contribution is -2.70. The van der Waals surface area contributed by atoms with E-state index in [4.69, 9.17) is 28.4 Å². The lowest BCUT2D eigenvalue weighted by molar-refractivity contribution is -0.410. The molecule has 6 N–H and O–H groups in total. The van der Waals surface area contributed by atoms with Gasteiger partial charge < -0.3 is 59.1 Å². The maximum Gasteiger partial charge on any atom is 0.313 e. The zero-order valence-electron chi connectivity index (χ0n) is 29.6. The zero-order chi connectivity index (χ0) is 35.3. The minimum Gasteiger partial charge on any atom is -0.435 e. The summed E-state index contributed by atoms with van der Waals surface area (Å²) >= 11 is 0. The van der Waals surface area contributed by atoms with E-state index in [-0.39, 0.29) is 24.7 Å². The number of rotatable bonds is 8. The zero-order valence-corrected chi connectivity index (χ0v) is 29.6. The first-order chi connectivity index (χ1) is 21.8. The monoisotopic (exact) mass is 676 g/mol. The van der Waals surface area contributed by atoms with Gasteiger partial charge in [-0.1, -0.05) is 41.5 Å². The summed E-state index contributed by atoms with van der Waals surface area (Å²) < 4.78 is 36.7. The van der Waals surface area contributed by atoms with Gasteiger partial charge in [0.1, 0.15) is 12.2 Å². The molecule has 0 bridgehead atoms. The van der Waals surface area contributed by atoms with Crippen LogP contribution in [0.3, 0.4) is 0 Å². The van der Waals surface area contributed by atoms with Gasteiger partial charge in [-0.2, -0.15) is 0 Å². The van der Waals surface area contributed by atoms with Gasteiger partial charge in [-0.05, 0) is 34.1 Å². The van der Waals surface area contributed by atoms with Gasteiger partial charge in [0.05, 0.1) is 60.4 Å². The fraction of sp³-hybridized carbons (Fsp3) is 0.971. The van der Waals surface area contributed by atoms with Crippen LogP contribution in [-0.2, 0) is 33.2 Å². The van der Waals surface area contributed by atoms with Gasteiger partial charge in [-0.3, -0.25) is 4.79 Å². The first-order valence-electron chi connectivity index (χ1n) is 17.4. The molecular formula is C34H60O13. The van der Waals surface area contributed by atoms with Crippen molar-refractivity contribution in [1.82, 2.24) is 0 Å². The van der Waals surface area contributed by atoms with Crippen LogP contribution in [0.4, 0.5) is 0 Å². The number of carbonyl (C=O) groups is 1. The normalized spacial score (nSPS) is 51.3. The highest BCUT2D eigenvalue weighted by Crippen LogP contribution is 2.51. The molecule has 4 aliphatic heterocycles. The summed E-state index contributed by atoms with van der Waals surface area (Å²) in [6.45, 7) is 17.5. The molecular weight excluding hydrogens is 616 g/mol. The van der Waals surface area contributed by atoms with Crippen molar-refractivity contribution >= 4 is 5.97 Å². The van der Waals surface area contributed by atoms with Crippen molar-refractivity contribution < 1.29 is 63.9 Å². The molecule has 0 amide bonds. The summed E-state index contributed by atoms with van der Waals surface area (Å²) in [7, 11) is 0. The van der Waals surface area contributed by atoms with Crippen molar-refractivity contribution in [2.24, 2.45) is 35.5 Å². The van der Waals surface area contributed by atoms with Gasteiger partial charge in [0.25, 0.3) is 0 Å². The van der Waals surface area contributed by atoms with E-state index in [1.807, 2.05) is 34.6 Å². The molecule has 4 aliphatic rings. The lowest BCUT2D eigenvalue weighted by Gasteiger charge is -2.60. The van der Waals surface area contributed by atoms with E-state index in [1.54, 1.807) is 27.7 Å². The first kappa shape index (κ1) is 38.8. The van der Waals surface area contributed by atoms with E-state index in [9.17, 15) is 35.4 Å². The van der Waals surface area contributed by atoms with Crippen LogP contribution in [0, 0.1) is 35.5 Å². The van der Waals surface area contributed by atoms with E-state index in [0.717, 1.165) is 0 Å². The Kier molecular flexibility index (Phi) is 12.2. The van der Waals surface area contributed by atoms with Crippen molar-refractivity contribution in [2.45, 2.75) is 174 Å². The molecule has 4 fully saturated rings. The fourth-order valence-electron chi connectivity index (χ4n) is 8.27. The van der Waals surface area contributed by atoms with Gasteiger partial charge in [-0.25, -0.2) is 0 Å². The Bertz CT molecular complexity index is 1040. The van der Waals surface area contributed by atoms with Crippen LogP contribution in [0.25, 0.3) is 0 Å². The third-order valence-electron chi connectivity index (χ3n) is 11.7. The topological polar surface area (TPSA) is 194 Å². The van der Waals surface area contributed by atoms with Crippen LogP contribution in [0.2, 0.25) is 0 Å².